The fraction of sp³-hybridized carbons (Fsp3) is 0.200. The fourth-order valence-electron chi connectivity index (χ4n) is 3.73. The first-order valence-electron chi connectivity index (χ1n) is 9.65. The zero-order valence-corrected chi connectivity index (χ0v) is 16.7. The molecule has 0 aliphatic carbocycles. The van der Waals surface area contributed by atoms with Gasteiger partial charge in [-0.25, -0.2) is 9.98 Å². The van der Waals surface area contributed by atoms with Gasteiger partial charge >= 0.3 is 0 Å². The van der Waals surface area contributed by atoms with Crippen molar-refractivity contribution in [3.05, 3.63) is 108 Å². The van der Waals surface area contributed by atoms with Gasteiger partial charge in [0.15, 0.2) is 5.66 Å². The Labute approximate surface area is 171 Å². The van der Waals surface area contributed by atoms with Crippen LogP contribution in [0, 0.1) is 0 Å². The zero-order chi connectivity index (χ0) is 20.1. The molecule has 0 radical (unpaired) electrons. The van der Waals surface area contributed by atoms with Crippen molar-refractivity contribution in [1.29, 1.82) is 0 Å². The molecule has 1 aliphatic heterocycles. The molecular weight excluding hydrogens is 360 g/mol. The highest BCUT2D eigenvalue weighted by Crippen LogP contribution is 2.35. The van der Waals surface area contributed by atoms with Gasteiger partial charge in [-0.2, -0.15) is 0 Å². The van der Waals surface area contributed by atoms with Gasteiger partial charge in [-0.3, -0.25) is 0 Å². The van der Waals surface area contributed by atoms with Crippen molar-refractivity contribution in [2.45, 2.75) is 11.8 Å². The Morgan fingerprint density at radius 1 is 0.690 bits per heavy atom. The van der Waals surface area contributed by atoms with Crippen LogP contribution in [0.3, 0.4) is 0 Å². The summed E-state index contributed by atoms with van der Waals surface area (Å²) in [6, 6.07) is 30.4. The van der Waals surface area contributed by atoms with Crippen LogP contribution in [-0.2, 0) is 15.1 Å². The van der Waals surface area contributed by atoms with E-state index in [1.165, 1.54) is 0 Å². The Hall–Kier alpha value is -3.08. The van der Waals surface area contributed by atoms with E-state index in [0.29, 0.717) is 6.61 Å². The summed E-state index contributed by atoms with van der Waals surface area (Å²) in [6.45, 7) is 0.333. The predicted octanol–water partition coefficient (Wildman–Crippen LogP) is 4.49. The van der Waals surface area contributed by atoms with Crippen LogP contribution >= 0.6 is 0 Å². The smallest absolute Gasteiger partial charge is 0.199 e. The van der Waals surface area contributed by atoms with Gasteiger partial charge in [0.1, 0.15) is 6.10 Å². The second kappa shape index (κ2) is 8.52. The third-order valence-corrected chi connectivity index (χ3v) is 5.06. The molecule has 1 heterocycles. The Bertz CT molecular complexity index is 941. The van der Waals surface area contributed by atoms with Gasteiger partial charge in [-0.15, -0.1) is 0 Å². The highest BCUT2D eigenvalue weighted by Gasteiger charge is 2.40. The molecular formula is C25H24N2O2. The average Bonchev–Trinajstić information content (AvgIpc) is 2.80. The van der Waals surface area contributed by atoms with E-state index in [-0.39, 0.29) is 6.10 Å². The molecule has 146 valence electrons. The Kier molecular flexibility index (Phi) is 5.65. The average molecular weight is 384 g/mol. The molecule has 4 nitrogen and oxygen atoms in total. The minimum atomic E-state index is -0.874. The topological polar surface area (TPSA) is 43.2 Å². The third-order valence-electron chi connectivity index (χ3n) is 5.06. The number of ether oxygens (including phenoxy) is 2. The summed E-state index contributed by atoms with van der Waals surface area (Å²) in [5.41, 5.74) is 3.84. The first-order chi connectivity index (χ1) is 14.3. The number of rotatable bonds is 6. The Morgan fingerprint density at radius 2 is 1.14 bits per heavy atom. The molecule has 0 fully saturated rings. The van der Waals surface area contributed by atoms with Crippen LogP contribution in [0.5, 0.6) is 0 Å². The summed E-state index contributed by atoms with van der Waals surface area (Å²) >= 11 is 0. The van der Waals surface area contributed by atoms with Gasteiger partial charge in [0.25, 0.3) is 0 Å². The lowest BCUT2D eigenvalue weighted by Crippen LogP contribution is -2.44. The predicted molar refractivity (Wildman–Crippen MR) is 117 cm³/mol. The van der Waals surface area contributed by atoms with E-state index < -0.39 is 5.66 Å². The molecule has 0 N–H and O–H groups in total. The monoisotopic (exact) mass is 384 g/mol. The molecule has 4 rings (SSSR count). The van der Waals surface area contributed by atoms with Crippen LogP contribution in [0.15, 0.2) is 101 Å². The van der Waals surface area contributed by atoms with Crippen LogP contribution < -0.4 is 0 Å². The van der Waals surface area contributed by atoms with E-state index in [4.69, 9.17) is 19.5 Å². The molecule has 0 atom stereocenters. The van der Waals surface area contributed by atoms with Crippen LogP contribution in [-0.4, -0.2) is 38.4 Å². The van der Waals surface area contributed by atoms with Gasteiger partial charge in [0.05, 0.1) is 18.0 Å². The van der Waals surface area contributed by atoms with E-state index in [0.717, 1.165) is 28.1 Å². The third kappa shape index (κ3) is 3.77. The lowest BCUT2D eigenvalue weighted by atomic mass is 9.91. The molecule has 0 saturated heterocycles. The number of hydrogen-bond acceptors (Lipinski definition) is 4. The molecule has 0 spiro atoms. The van der Waals surface area contributed by atoms with Crippen LogP contribution in [0.2, 0.25) is 0 Å². The summed E-state index contributed by atoms with van der Waals surface area (Å²) in [7, 11) is 3.38. The number of hydrogen-bond donors (Lipinski definition) is 0. The maximum absolute atomic E-state index is 5.93. The molecule has 3 aromatic carbocycles. The maximum Gasteiger partial charge on any atom is 0.199 e. The van der Waals surface area contributed by atoms with Gasteiger partial charge in [-0.05, 0) is 11.1 Å². The van der Waals surface area contributed by atoms with E-state index in [1.54, 1.807) is 14.2 Å². The Morgan fingerprint density at radius 3 is 1.55 bits per heavy atom. The van der Waals surface area contributed by atoms with E-state index in [1.807, 2.05) is 66.7 Å². The highest BCUT2D eigenvalue weighted by molar-refractivity contribution is 6.23. The van der Waals surface area contributed by atoms with Crippen molar-refractivity contribution in [2.24, 2.45) is 9.98 Å². The van der Waals surface area contributed by atoms with Crippen molar-refractivity contribution in [2.75, 3.05) is 20.8 Å². The molecule has 29 heavy (non-hydrogen) atoms. The quantitative estimate of drug-likeness (QED) is 0.628. The lowest BCUT2D eigenvalue weighted by Gasteiger charge is -2.35. The molecule has 0 amide bonds. The van der Waals surface area contributed by atoms with Crippen molar-refractivity contribution in [1.82, 2.24) is 0 Å². The Balaban J connectivity index is 1.98. The second-order valence-corrected chi connectivity index (χ2v) is 6.96. The second-order valence-electron chi connectivity index (χ2n) is 6.96. The molecule has 0 unspecified atom stereocenters. The van der Waals surface area contributed by atoms with E-state index in [2.05, 4.69) is 24.3 Å². The van der Waals surface area contributed by atoms with E-state index in [9.17, 15) is 0 Å². The molecule has 1 aliphatic rings. The summed E-state index contributed by atoms with van der Waals surface area (Å²) in [5, 5.41) is 0. The maximum atomic E-state index is 5.93. The van der Waals surface area contributed by atoms with Gasteiger partial charge in [0, 0.05) is 19.8 Å². The molecule has 0 bridgehead atoms. The largest absolute Gasteiger partial charge is 0.380 e. The van der Waals surface area contributed by atoms with Gasteiger partial charge < -0.3 is 9.47 Å². The van der Waals surface area contributed by atoms with Gasteiger partial charge in [-0.1, -0.05) is 91.0 Å². The minimum absolute atomic E-state index is 0.333. The molecule has 0 aromatic heterocycles. The lowest BCUT2D eigenvalue weighted by molar-refractivity contribution is 0.131. The zero-order valence-electron chi connectivity index (χ0n) is 16.7. The first kappa shape index (κ1) is 19.2. The molecule has 3 aromatic rings. The summed E-state index contributed by atoms with van der Waals surface area (Å²) in [4.78, 5) is 10.3. The fourth-order valence-corrected chi connectivity index (χ4v) is 3.73. The van der Waals surface area contributed by atoms with Crippen molar-refractivity contribution in [3.63, 3.8) is 0 Å². The van der Waals surface area contributed by atoms with Crippen LogP contribution in [0.4, 0.5) is 0 Å². The van der Waals surface area contributed by atoms with Crippen molar-refractivity contribution in [3.8, 4) is 0 Å². The molecule has 4 heteroatoms. The summed E-state index contributed by atoms with van der Waals surface area (Å²) in [6.07, 6.45) is -0.367. The van der Waals surface area contributed by atoms with Gasteiger partial charge in [0.2, 0.25) is 0 Å². The minimum Gasteiger partial charge on any atom is -0.380 e. The van der Waals surface area contributed by atoms with Crippen molar-refractivity contribution >= 4 is 11.4 Å². The highest BCUT2D eigenvalue weighted by atomic mass is 16.5. The van der Waals surface area contributed by atoms with Crippen LogP contribution in [0.1, 0.15) is 16.7 Å². The summed E-state index contributed by atoms with van der Waals surface area (Å²) < 4.78 is 11.6. The first-order valence-corrected chi connectivity index (χ1v) is 9.65. The normalized spacial score (nSPS) is 21.4. The summed E-state index contributed by atoms with van der Waals surface area (Å²) in [5.74, 6) is 0. The number of nitrogens with zero attached hydrogens (tertiary/aromatic N) is 2. The number of methoxy groups -OCH3 is 2. The SMILES string of the molecule is COCC1(c2ccccc2)N=C(c2ccccc2)C(OC)C(c2ccccc2)=N1. The molecule has 0 saturated carbocycles. The standard InChI is InChI=1S/C25H24N2O2/c1-28-18-25(21-16-10-5-11-17-21)26-22(19-12-6-3-7-13-19)24(29-2)23(27-25)20-14-8-4-9-15-20/h3-17,24H,18H2,1-2H3. The number of aliphatic imine (C=N–C) groups is 2. The van der Waals surface area contributed by atoms with Crippen LogP contribution in [0.25, 0.3) is 0 Å². The van der Waals surface area contributed by atoms with E-state index >= 15 is 0 Å². The number of benzene rings is 3. The van der Waals surface area contributed by atoms with Crippen molar-refractivity contribution < 1.29 is 9.47 Å².